The lowest BCUT2D eigenvalue weighted by atomic mass is 10.1. The second-order valence-electron chi connectivity index (χ2n) is 3.00. The van der Waals surface area contributed by atoms with Crippen LogP contribution >= 0.6 is 0 Å². The molecule has 0 unspecified atom stereocenters. The van der Waals surface area contributed by atoms with Gasteiger partial charge in [0.1, 0.15) is 0 Å². The second-order valence-corrected chi connectivity index (χ2v) is 3.00. The average Bonchev–Trinajstić information content (AvgIpc) is 2.07. The van der Waals surface area contributed by atoms with Gasteiger partial charge in [-0.25, -0.2) is 0 Å². The van der Waals surface area contributed by atoms with E-state index in [4.69, 9.17) is 9.47 Å². The Hall–Kier alpha value is -0.120. The average molecular weight is 173 g/mol. The molecular weight excluding hydrogens is 154 g/mol. The molecule has 0 bridgehead atoms. The van der Waals surface area contributed by atoms with E-state index in [1.54, 1.807) is 0 Å². The summed E-state index contributed by atoms with van der Waals surface area (Å²) in [7, 11) is 0. The molecule has 0 aromatic heterocycles. The summed E-state index contributed by atoms with van der Waals surface area (Å²) in [5.74, 6) is -0.470. The molecule has 1 aliphatic heterocycles. The van der Waals surface area contributed by atoms with Gasteiger partial charge in [-0.05, 0) is 26.7 Å². The van der Waals surface area contributed by atoms with Gasteiger partial charge in [-0.2, -0.15) is 0 Å². The maximum atomic E-state index is 5.58. The molecule has 0 aromatic rings. The van der Waals surface area contributed by atoms with E-state index in [1.807, 2.05) is 13.8 Å². The van der Waals surface area contributed by atoms with Gasteiger partial charge in [0.05, 0.1) is 0 Å². The van der Waals surface area contributed by atoms with Crippen LogP contribution in [-0.4, -0.2) is 25.7 Å². The maximum absolute atomic E-state index is 5.58. The minimum atomic E-state index is -0.470. The first kappa shape index (κ1) is 9.96. The number of hydrogen-bond acceptors (Lipinski definition) is 3. The van der Waals surface area contributed by atoms with Gasteiger partial charge in [0, 0.05) is 26.2 Å². The Morgan fingerprint density at radius 3 is 2.25 bits per heavy atom. The molecule has 0 radical (unpaired) electrons. The highest BCUT2D eigenvalue weighted by atomic mass is 16.7. The molecule has 12 heavy (non-hydrogen) atoms. The van der Waals surface area contributed by atoms with Gasteiger partial charge in [0.25, 0.3) is 0 Å². The van der Waals surface area contributed by atoms with E-state index in [1.165, 1.54) is 12.8 Å². The predicted molar refractivity (Wildman–Crippen MR) is 47.8 cm³/mol. The molecule has 0 amide bonds. The van der Waals surface area contributed by atoms with E-state index >= 15 is 0 Å². The summed E-state index contributed by atoms with van der Waals surface area (Å²) in [5.41, 5.74) is 0. The Bertz CT molecular complexity index is 106. The first-order valence-electron chi connectivity index (χ1n) is 4.86. The summed E-state index contributed by atoms with van der Waals surface area (Å²) >= 11 is 0. The van der Waals surface area contributed by atoms with Crippen molar-refractivity contribution in [2.75, 3.05) is 19.8 Å². The van der Waals surface area contributed by atoms with Crippen molar-refractivity contribution in [3.8, 4) is 0 Å². The van der Waals surface area contributed by atoms with Crippen LogP contribution in [0.25, 0.3) is 0 Å². The fourth-order valence-electron chi connectivity index (χ4n) is 1.60. The Labute approximate surface area is 74.4 Å². The molecule has 0 aliphatic carbocycles. The standard InChI is InChI=1S/C9H19NO2/c1-3-11-9(12-4-2)7-5-6-8-10-9/h10H,3-8H2,1-2H3. The van der Waals surface area contributed by atoms with Gasteiger partial charge in [-0.15, -0.1) is 0 Å². The topological polar surface area (TPSA) is 30.5 Å². The molecule has 0 saturated carbocycles. The summed E-state index contributed by atoms with van der Waals surface area (Å²) < 4.78 is 11.2. The number of piperidine rings is 1. The molecule has 72 valence electrons. The summed E-state index contributed by atoms with van der Waals surface area (Å²) in [6.45, 7) is 6.40. The van der Waals surface area contributed by atoms with Gasteiger partial charge >= 0.3 is 0 Å². The smallest absolute Gasteiger partial charge is 0.227 e. The van der Waals surface area contributed by atoms with Crippen LogP contribution in [-0.2, 0) is 9.47 Å². The van der Waals surface area contributed by atoms with Crippen molar-refractivity contribution in [1.29, 1.82) is 0 Å². The van der Waals surface area contributed by atoms with Crippen molar-refractivity contribution in [3.63, 3.8) is 0 Å². The van der Waals surface area contributed by atoms with E-state index in [0.29, 0.717) is 13.2 Å². The van der Waals surface area contributed by atoms with Crippen molar-refractivity contribution in [3.05, 3.63) is 0 Å². The lowest BCUT2D eigenvalue weighted by molar-refractivity contribution is -0.263. The Kier molecular flexibility index (Phi) is 3.98. The largest absolute Gasteiger partial charge is 0.338 e. The number of hydrogen-bond donors (Lipinski definition) is 1. The number of ether oxygens (including phenoxy) is 2. The minimum Gasteiger partial charge on any atom is -0.338 e. The Morgan fingerprint density at radius 1 is 1.17 bits per heavy atom. The molecule has 1 heterocycles. The zero-order valence-corrected chi connectivity index (χ0v) is 8.06. The van der Waals surface area contributed by atoms with Crippen LogP contribution in [0.2, 0.25) is 0 Å². The van der Waals surface area contributed by atoms with E-state index in [9.17, 15) is 0 Å². The predicted octanol–water partition coefficient (Wildman–Crippen LogP) is 1.49. The molecule has 0 atom stereocenters. The van der Waals surface area contributed by atoms with Crippen LogP contribution in [0.3, 0.4) is 0 Å². The fraction of sp³-hybridized carbons (Fsp3) is 1.00. The highest BCUT2D eigenvalue weighted by Gasteiger charge is 2.32. The summed E-state index contributed by atoms with van der Waals surface area (Å²) in [4.78, 5) is 0. The Balaban J connectivity index is 2.44. The van der Waals surface area contributed by atoms with E-state index < -0.39 is 5.91 Å². The Morgan fingerprint density at radius 2 is 1.83 bits per heavy atom. The first-order chi connectivity index (χ1) is 5.83. The van der Waals surface area contributed by atoms with E-state index in [0.717, 1.165) is 13.0 Å². The van der Waals surface area contributed by atoms with Gasteiger partial charge in [-0.3, -0.25) is 5.32 Å². The number of rotatable bonds is 4. The zero-order valence-electron chi connectivity index (χ0n) is 8.06. The summed E-state index contributed by atoms with van der Waals surface area (Å²) in [6, 6.07) is 0. The molecule has 1 N–H and O–H groups in total. The molecule has 1 fully saturated rings. The minimum absolute atomic E-state index is 0.470. The molecular formula is C9H19NO2. The van der Waals surface area contributed by atoms with Crippen LogP contribution in [0, 0.1) is 0 Å². The van der Waals surface area contributed by atoms with Gasteiger partial charge in [-0.1, -0.05) is 0 Å². The highest BCUT2D eigenvalue weighted by molar-refractivity contribution is 4.72. The van der Waals surface area contributed by atoms with Crippen molar-refractivity contribution >= 4 is 0 Å². The lowest BCUT2D eigenvalue weighted by Crippen LogP contribution is -2.52. The second kappa shape index (κ2) is 4.80. The molecule has 1 aliphatic rings. The highest BCUT2D eigenvalue weighted by Crippen LogP contribution is 2.21. The van der Waals surface area contributed by atoms with Gasteiger partial charge < -0.3 is 9.47 Å². The van der Waals surface area contributed by atoms with Crippen molar-refractivity contribution < 1.29 is 9.47 Å². The lowest BCUT2D eigenvalue weighted by Gasteiger charge is -2.37. The van der Waals surface area contributed by atoms with Crippen molar-refractivity contribution in [2.45, 2.75) is 39.0 Å². The summed E-state index contributed by atoms with van der Waals surface area (Å²) in [6.07, 6.45) is 3.38. The first-order valence-corrected chi connectivity index (χ1v) is 4.86. The molecule has 3 heteroatoms. The third-order valence-corrected chi connectivity index (χ3v) is 2.08. The SMILES string of the molecule is CCOC1(OCC)CCCCN1. The van der Waals surface area contributed by atoms with Crippen molar-refractivity contribution in [1.82, 2.24) is 5.32 Å². The van der Waals surface area contributed by atoms with E-state index in [2.05, 4.69) is 5.32 Å². The van der Waals surface area contributed by atoms with E-state index in [-0.39, 0.29) is 0 Å². The van der Waals surface area contributed by atoms with Crippen LogP contribution in [0.4, 0.5) is 0 Å². The number of nitrogens with one attached hydrogen (secondary N) is 1. The third kappa shape index (κ3) is 2.44. The van der Waals surface area contributed by atoms with Crippen LogP contribution in [0.1, 0.15) is 33.1 Å². The molecule has 1 saturated heterocycles. The monoisotopic (exact) mass is 173 g/mol. The molecule has 1 rings (SSSR count). The zero-order chi connectivity index (χ0) is 8.86. The van der Waals surface area contributed by atoms with Crippen LogP contribution < -0.4 is 5.32 Å². The summed E-state index contributed by atoms with van der Waals surface area (Å²) in [5, 5.41) is 3.29. The van der Waals surface area contributed by atoms with Gasteiger partial charge in [0.15, 0.2) is 0 Å². The molecule has 0 spiro atoms. The maximum Gasteiger partial charge on any atom is 0.227 e. The van der Waals surface area contributed by atoms with Gasteiger partial charge in [0.2, 0.25) is 5.91 Å². The quantitative estimate of drug-likeness (QED) is 0.653. The van der Waals surface area contributed by atoms with Crippen LogP contribution in [0.15, 0.2) is 0 Å². The molecule has 3 nitrogen and oxygen atoms in total. The van der Waals surface area contributed by atoms with Crippen LogP contribution in [0.5, 0.6) is 0 Å². The molecule has 0 aromatic carbocycles. The third-order valence-electron chi connectivity index (χ3n) is 2.08. The fourth-order valence-corrected chi connectivity index (χ4v) is 1.60. The normalized spacial score (nSPS) is 22.5. The van der Waals surface area contributed by atoms with Crippen molar-refractivity contribution in [2.24, 2.45) is 0 Å².